The Kier molecular flexibility index (Phi) is 6.20. The van der Waals surface area contributed by atoms with Gasteiger partial charge in [-0.1, -0.05) is 0 Å². The summed E-state index contributed by atoms with van der Waals surface area (Å²) < 4.78 is 11.1. The fraction of sp³-hybridized carbons (Fsp3) is 0.722. The molecule has 0 spiro atoms. The maximum absolute atomic E-state index is 11.7. The van der Waals surface area contributed by atoms with Crippen LogP contribution in [-0.2, 0) is 15.9 Å². The lowest BCUT2D eigenvalue weighted by molar-refractivity contribution is 0.0346. The Morgan fingerprint density at radius 3 is 2.80 bits per heavy atom. The summed E-state index contributed by atoms with van der Waals surface area (Å²) in [5, 5.41) is 3.41. The molecule has 3 N–H and O–H groups in total. The second-order valence-electron chi connectivity index (χ2n) is 6.93. The first kappa shape index (κ1) is 18.1. The summed E-state index contributed by atoms with van der Waals surface area (Å²) in [5.74, 6) is 0.499. The van der Waals surface area contributed by atoms with E-state index >= 15 is 0 Å². The minimum absolute atomic E-state index is 0.346. The van der Waals surface area contributed by atoms with Crippen molar-refractivity contribution in [2.75, 3.05) is 25.1 Å². The van der Waals surface area contributed by atoms with Crippen molar-refractivity contribution in [2.24, 2.45) is 11.7 Å². The first-order valence-corrected chi connectivity index (χ1v) is 9.27. The van der Waals surface area contributed by atoms with Gasteiger partial charge in [-0.05, 0) is 51.4 Å². The van der Waals surface area contributed by atoms with Crippen molar-refractivity contribution in [1.29, 1.82) is 0 Å². The predicted octanol–water partition coefficient (Wildman–Crippen LogP) is 1.91. The van der Waals surface area contributed by atoms with E-state index in [1.807, 2.05) is 6.92 Å². The van der Waals surface area contributed by atoms with Gasteiger partial charge in [-0.2, -0.15) is 0 Å². The third-order valence-electron chi connectivity index (χ3n) is 5.05. The highest BCUT2D eigenvalue weighted by Gasteiger charge is 2.24. The highest BCUT2D eigenvalue weighted by atomic mass is 16.5. The maximum atomic E-state index is 11.7. The number of rotatable bonds is 7. The third kappa shape index (κ3) is 4.89. The van der Waals surface area contributed by atoms with E-state index in [2.05, 4.69) is 15.3 Å². The smallest absolute Gasteiger partial charge is 0.252 e. The van der Waals surface area contributed by atoms with Gasteiger partial charge in [0.25, 0.3) is 5.91 Å². The predicted molar refractivity (Wildman–Crippen MR) is 94.5 cm³/mol. The number of hydrogen-bond acceptors (Lipinski definition) is 6. The summed E-state index contributed by atoms with van der Waals surface area (Å²) in [7, 11) is 0. The van der Waals surface area contributed by atoms with Crippen LogP contribution in [0.1, 0.15) is 55.1 Å². The van der Waals surface area contributed by atoms with Crippen LogP contribution in [0.5, 0.6) is 0 Å². The average molecular weight is 348 g/mol. The molecule has 25 heavy (non-hydrogen) atoms. The molecule has 7 nitrogen and oxygen atoms in total. The van der Waals surface area contributed by atoms with Crippen LogP contribution in [-0.4, -0.2) is 47.8 Å². The molecule has 1 saturated heterocycles. The van der Waals surface area contributed by atoms with Gasteiger partial charge >= 0.3 is 0 Å². The molecular weight excluding hydrogens is 320 g/mol. The van der Waals surface area contributed by atoms with E-state index in [-0.39, 0.29) is 0 Å². The topological polar surface area (TPSA) is 99.4 Å². The molecule has 0 unspecified atom stereocenters. The summed E-state index contributed by atoms with van der Waals surface area (Å²) >= 11 is 0. The lowest BCUT2D eigenvalue weighted by atomic mass is 9.93. The van der Waals surface area contributed by atoms with Crippen LogP contribution in [0.2, 0.25) is 0 Å². The van der Waals surface area contributed by atoms with Gasteiger partial charge in [0.05, 0.1) is 17.4 Å². The van der Waals surface area contributed by atoms with Crippen molar-refractivity contribution in [3.63, 3.8) is 0 Å². The highest BCUT2D eigenvalue weighted by Crippen LogP contribution is 2.24. The van der Waals surface area contributed by atoms with E-state index in [0.29, 0.717) is 42.6 Å². The number of ether oxygens (including phenoxy) is 2. The number of carbonyl (C=O) groups excluding carboxylic acids is 1. The van der Waals surface area contributed by atoms with Crippen LogP contribution in [0.3, 0.4) is 0 Å². The third-order valence-corrected chi connectivity index (χ3v) is 5.05. The molecule has 1 saturated carbocycles. The minimum Gasteiger partial charge on any atom is -0.381 e. The van der Waals surface area contributed by atoms with Crippen molar-refractivity contribution < 1.29 is 14.3 Å². The first-order valence-electron chi connectivity index (χ1n) is 9.27. The van der Waals surface area contributed by atoms with Crippen molar-refractivity contribution in [3.05, 3.63) is 17.5 Å². The van der Waals surface area contributed by atoms with Gasteiger partial charge in [-0.25, -0.2) is 9.97 Å². The van der Waals surface area contributed by atoms with E-state index in [1.165, 1.54) is 0 Å². The molecule has 138 valence electrons. The Bertz CT molecular complexity index is 582. The van der Waals surface area contributed by atoms with E-state index in [0.717, 1.165) is 51.0 Å². The molecule has 1 aromatic rings. The quantitative estimate of drug-likeness (QED) is 0.781. The van der Waals surface area contributed by atoms with Gasteiger partial charge in [0.1, 0.15) is 0 Å². The minimum atomic E-state index is -0.474. The number of amides is 1. The Morgan fingerprint density at radius 2 is 2.16 bits per heavy atom. The Balaban J connectivity index is 1.64. The van der Waals surface area contributed by atoms with Gasteiger partial charge in [0.15, 0.2) is 0 Å². The molecule has 0 bridgehead atoms. The van der Waals surface area contributed by atoms with Crippen molar-refractivity contribution in [1.82, 2.24) is 9.97 Å². The molecule has 1 aromatic heterocycles. The number of aromatic nitrogens is 2. The van der Waals surface area contributed by atoms with Crippen molar-refractivity contribution >= 4 is 11.9 Å². The molecule has 0 radical (unpaired) electrons. The lowest BCUT2D eigenvalue weighted by Gasteiger charge is -2.29. The van der Waals surface area contributed by atoms with Crippen LogP contribution < -0.4 is 11.1 Å². The number of carbonyl (C=O) groups is 1. The highest BCUT2D eigenvalue weighted by molar-refractivity contribution is 5.93. The Hall–Kier alpha value is -1.73. The standard InChI is InChI=1S/C18H28N4O3/c1-2-25-14-5-3-13(4-6-14)21-18-20-10-15(17(19)23)16(22-18)9-12-7-8-24-11-12/h10,12-14H,2-9,11H2,1H3,(H2,19,23)(H,20,21,22)/t12-,13?,14?/m0/s1. The molecule has 2 heterocycles. The zero-order valence-electron chi connectivity index (χ0n) is 14.9. The summed E-state index contributed by atoms with van der Waals surface area (Å²) in [6.07, 6.45) is 7.80. The second kappa shape index (κ2) is 8.58. The first-order chi connectivity index (χ1) is 12.2. The molecule has 0 aromatic carbocycles. The summed E-state index contributed by atoms with van der Waals surface area (Å²) in [4.78, 5) is 20.6. The number of nitrogens with zero attached hydrogens (tertiary/aromatic N) is 2. The summed E-state index contributed by atoms with van der Waals surface area (Å²) in [6.45, 7) is 4.30. The number of anilines is 1. The average Bonchev–Trinajstić information content (AvgIpc) is 3.10. The molecule has 2 fully saturated rings. The van der Waals surface area contributed by atoms with Crippen LogP contribution in [0.25, 0.3) is 0 Å². The van der Waals surface area contributed by atoms with E-state index in [9.17, 15) is 4.79 Å². The van der Waals surface area contributed by atoms with E-state index in [4.69, 9.17) is 15.2 Å². The molecule has 3 rings (SSSR count). The van der Waals surface area contributed by atoms with Crippen LogP contribution >= 0.6 is 0 Å². The van der Waals surface area contributed by atoms with Gasteiger partial charge in [-0.15, -0.1) is 0 Å². The van der Waals surface area contributed by atoms with Crippen molar-refractivity contribution in [2.45, 2.75) is 57.6 Å². The van der Waals surface area contributed by atoms with Gasteiger partial charge in [-0.3, -0.25) is 4.79 Å². The van der Waals surface area contributed by atoms with Crippen molar-refractivity contribution in [3.8, 4) is 0 Å². The molecule has 1 aliphatic heterocycles. The Labute approximate surface area is 148 Å². The molecule has 1 atom stereocenters. The van der Waals surface area contributed by atoms with Gasteiger partial charge in [0, 0.05) is 32.1 Å². The molecule has 1 amide bonds. The summed E-state index contributed by atoms with van der Waals surface area (Å²) in [6, 6.07) is 0.346. The second-order valence-corrected chi connectivity index (χ2v) is 6.93. The van der Waals surface area contributed by atoms with Crippen LogP contribution in [0.4, 0.5) is 5.95 Å². The van der Waals surface area contributed by atoms with E-state index in [1.54, 1.807) is 6.20 Å². The SMILES string of the molecule is CCOC1CCC(Nc2ncc(C(N)=O)c(C[C@@H]3CCOC3)n2)CC1. The fourth-order valence-electron chi connectivity index (χ4n) is 3.66. The molecule has 1 aliphatic carbocycles. The zero-order chi connectivity index (χ0) is 17.6. The van der Waals surface area contributed by atoms with Crippen LogP contribution in [0.15, 0.2) is 6.20 Å². The van der Waals surface area contributed by atoms with Gasteiger partial charge < -0.3 is 20.5 Å². The fourth-order valence-corrected chi connectivity index (χ4v) is 3.66. The van der Waals surface area contributed by atoms with E-state index < -0.39 is 5.91 Å². The molecule has 2 aliphatic rings. The molecule has 7 heteroatoms. The number of primary amides is 1. The van der Waals surface area contributed by atoms with Crippen LogP contribution in [0, 0.1) is 5.92 Å². The maximum Gasteiger partial charge on any atom is 0.252 e. The largest absolute Gasteiger partial charge is 0.381 e. The Morgan fingerprint density at radius 1 is 1.36 bits per heavy atom. The summed E-state index contributed by atoms with van der Waals surface area (Å²) in [5.41, 5.74) is 6.62. The number of nitrogens with two attached hydrogens (primary N) is 1. The number of nitrogens with one attached hydrogen (secondary N) is 1. The molecular formula is C18H28N4O3. The normalized spacial score (nSPS) is 26.5. The lowest BCUT2D eigenvalue weighted by Crippen LogP contribution is -2.30. The number of hydrogen-bond donors (Lipinski definition) is 2. The zero-order valence-corrected chi connectivity index (χ0v) is 14.9. The van der Waals surface area contributed by atoms with Gasteiger partial charge in [0.2, 0.25) is 5.95 Å². The monoisotopic (exact) mass is 348 g/mol.